The molecule has 0 aromatic carbocycles. The van der Waals surface area contributed by atoms with Crippen molar-refractivity contribution in [1.82, 2.24) is 0 Å². The topological polar surface area (TPSA) is 129 Å². The van der Waals surface area contributed by atoms with Crippen molar-refractivity contribution < 1.29 is 47.2 Å². The number of aliphatic hydroxyl groups excluding tert-OH is 1. The molecule has 0 fully saturated rings. The number of rotatable bonds is 37. The van der Waals surface area contributed by atoms with Crippen LogP contribution in [0.25, 0.3) is 0 Å². The third-order valence-corrected chi connectivity index (χ3v) is 9.43. The molecule has 334 valence electrons. The van der Waals surface area contributed by atoms with Crippen molar-refractivity contribution in [2.24, 2.45) is 0 Å². The predicted molar refractivity (Wildman–Crippen MR) is 244 cm³/mol. The Morgan fingerprint density at radius 1 is 0.610 bits per heavy atom. The van der Waals surface area contributed by atoms with Gasteiger partial charge in [-0.3, -0.25) is 18.6 Å². The zero-order valence-electron chi connectivity index (χ0n) is 37.0. The van der Waals surface area contributed by atoms with Crippen LogP contribution in [0.4, 0.5) is 0 Å². The molecular formula is C48H79NO9P+. The Labute approximate surface area is 358 Å². The third kappa shape index (κ3) is 42.6. The van der Waals surface area contributed by atoms with Crippen LogP contribution in [0.3, 0.4) is 0 Å². The number of likely N-dealkylation sites (N-methyl/N-ethyl adjacent to an activating group) is 1. The molecule has 0 rings (SSSR count). The predicted octanol–water partition coefficient (Wildman–Crippen LogP) is 11.3. The number of hydrogen-bond donors (Lipinski definition) is 2. The highest BCUT2D eigenvalue weighted by atomic mass is 31.2. The number of carbonyl (C=O) groups excluding carboxylic acids is 2. The molecule has 0 aromatic rings. The minimum absolute atomic E-state index is 0.0000145. The first-order chi connectivity index (χ1) is 28.4. The van der Waals surface area contributed by atoms with Crippen molar-refractivity contribution in [2.75, 3.05) is 47.5 Å². The maximum atomic E-state index is 12.7. The van der Waals surface area contributed by atoms with Crippen molar-refractivity contribution in [2.45, 2.75) is 135 Å². The summed E-state index contributed by atoms with van der Waals surface area (Å²) >= 11 is 0. The van der Waals surface area contributed by atoms with E-state index in [4.69, 9.17) is 18.5 Å². The molecule has 0 heterocycles. The van der Waals surface area contributed by atoms with E-state index in [0.29, 0.717) is 43.1 Å². The van der Waals surface area contributed by atoms with Gasteiger partial charge >= 0.3 is 19.8 Å². The molecule has 0 bridgehead atoms. The van der Waals surface area contributed by atoms with Crippen LogP contribution in [0.5, 0.6) is 0 Å². The average Bonchev–Trinajstić information content (AvgIpc) is 3.19. The van der Waals surface area contributed by atoms with Gasteiger partial charge in [-0.05, 0) is 83.5 Å². The number of phosphoric acid groups is 1. The van der Waals surface area contributed by atoms with Crippen molar-refractivity contribution in [1.29, 1.82) is 0 Å². The number of ether oxygens (including phenoxy) is 2. The summed E-state index contributed by atoms with van der Waals surface area (Å²) in [5.41, 5.74) is 0. The van der Waals surface area contributed by atoms with Crippen molar-refractivity contribution in [3.8, 4) is 0 Å². The molecule has 0 saturated carbocycles. The van der Waals surface area contributed by atoms with Crippen LogP contribution in [-0.4, -0.2) is 86.1 Å². The van der Waals surface area contributed by atoms with Gasteiger partial charge < -0.3 is 24.0 Å². The lowest BCUT2D eigenvalue weighted by molar-refractivity contribution is -0.870. The molecule has 11 heteroatoms. The van der Waals surface area contributed by atoms with Crippen LogP contribution >= 0.6 is 7.82 Å². The summed E-state index contributed by atoms with van der Waals surface area (Å²) in [6, 6.07) is 0. The van der Waals surface area contributed by atoms with E-state index in [0.717, 1.165) is 44.9 Å². The monoisotopic (exact) mass is 845 g/mol. The summed E-state index contributed by atoms with van der Waals surface area (Å²) in [5.74, 6) is -0.966. The van der Waals surface area contributed by atoms with Crippen LogP contribution in [0, 0.1) is 0 Å². The molecule has 0 amide bonds. The van der Waals surface area contributed by atoms with E-state index in [1.165, 1.54) is 19.3 Å². The zero-order chi connectivity index (χ0) is 43.7. The molecule has 0 aliphatic carbocycles. The number of esters is 2. The SMILES string of the molecule is CCCCC/C=C\C/C=C\C/C=C\C/C=C\CCCC(=O)O[C@H](COC(=O)CCC/C=C\C/C=C\C/C=C\C/C=C\C=C\[C@@H](O)CC)COP(=O)(O)OCC[N+](C)(C)C. The van der Waals surface area contributed by atoms with Crippen LogP contribution in [0.15, 0.2) is 109 Å². The first kappa shape index (κ1) is 55.6. The summed E-state index contributed by atoms with van der Waals surface area (Å²) < 4.78 is 34.1. The molecule has 0 saturated heterocycles. The van der Waals surface area contributed by atoms with Crippen LogP contribution in [0.2, 0.25) is 0 Å². The molecule has 10 nitrogen and oxygen atoms in total. The van der Waals surface area contributed by atoms with Gasteiger partial charge in [0.2, 0.25) is 0 Å². The maximum absolute atomic E-state index is 12.7. The van der Waals surface area contributed by atoms with Crippen LogP contribution in [0.1, 0.15) is 123 Å². The Morgan fingerprint density at radius 2 is 1.08 bits per heavy atom. The largest absolute Gasteiger partial charge is 0.472 e. The van der Waals surface area contributed by atoms with Gasteiger partial charge in [-0.15, -0.1) is 0 Å². The van der Waals surface area contributed by atoms with Gasteiger partial charge in [0.15, 0.2) is 6.10 Å². The Bertz CT molecular complexity index is 1380. The summed E-state index contributed by atoms with van der Waals surface area (Å²) in [7, 11) is 1.37. The minimum Gasteiger partial charge on any atom is -0.462 e. The van der Waals surface area contributed by atoms with Gasteiger partial charge in [-0.2, -0.15) is 0 Å². The lowest BCUT2D eigenvalue weighted by Gasteiger charge is -2.24. The standard InChI is InChI=1S/C48H78NO9P/c1-6-8-9-10-11-12-13-14-15-16-17-22-25-28-31-34-37-40-48(52)58-46(44-57-59(53,54)56-42-41-49(3,4)5)43-55-47(51)39-36-33-30-27-24-21-19-18-20-23-26-29-32-35-38-45(50)7-2/h11-12,14-15,17,19-23,27-32,35,38,45-46,50H,6-10,13,16,18,24-26,33-34,36-37,39-44H2,1-5H3/p+1/b12-11-,15-14-,21-19-,22-17-,23-20-,30-27-,31-28-,32-29-,38-35+/t45-,46+/m0/s1. The Balaban J connectivity index is 4.60. The number of quaternary nitrogens is 1. The van der Waals surface area contributed by atoms with Gasteiger partial charge in [0, 0.05) is 12.8 Å². The Hall–Kier alpha value is -3.37. The number of phosphoric ester groups is 1. The first-order valence-corrected chi connectivity index (χ1v) is 23.2. The second kappa shape index (κ2) is 38.8. The van der Waals surface area contributed by atoms with Crippen molar-refractivity contribution in [3.63, 3.8) is 0 Å². The number of allylic oxidation sites excluding steroid dienone is 17. The molecule has 2 N–H and O–H groups in total. The molecular weight excluding hydrogens is 766 g/mol. The zero-order valence-corrected chi connectivity index (χ0v) is 37.9. The van der Waals surface area contributed by atoms with Gasteiger partial charge in [-0.25, -0.2) is 4.57 Å². The molecule has 1 unspecified atom stereocenters. The van der Waals surface area contributed by atoms with Crippen molar-refractivity contribution in [3.05, 3.63) is 109 Å². The quantitative estimate of drug-likeness (QED) is 0.0157. The van der Waals surface area contributed by atoms with Crippen LogP contribution in [-0.2, 0) is 32.7 Å². The summed E-state index contributed by atoms with van der Waals surface area (Å²) in [6.07, 6.45) is 49.6. The number of nitrogens with zero attached hydrogens (tertiary/aromatic N) is 1. The van der Waals surface area contributed by atoms with E-state index in [1.54, 1.807) is 6.08 Å². The smallest absolute Gasteiger partial charge is 0.462 e. The van der Waals surface area contributed by atoms with Gasteiger partial charge in [0.25, 0.3) is 0 Å². The number of aliphatic hydroxyl groups is 1. The average molecular weight is 845 g/mol. The van der Waals surface area contributed by atoms with Gasteiger partial charge in [0.05, 0.1) is 33.9 Å². The fourth-order valence-electron chi connectivity index (χ4n) is 4.87. The molecule has 3 atom stereocenters. The normalized spacial score (nSPS) is 15.2. The molecule has 0 radical (unpaired) electrons. The molecule has 0 spiro atoms. The Kier molecular flexibility index (Phi) is 36.6. The Morgan fingerprint density at radius 3 is 1.58 bits per heavy atom. The molecule has 0 aliphatic rings. The van der Waals surface area contributed by atoms with Gasteiger partial charge in [0.1, 0.15) is 19.8 Å². The van der Waals surface area contributed by atoms with E-state index < -0.39 is 32.5 Å². The van der Waals surface area contributed by atoms with Crippen LogP contribution < -0.4 is 0 Å². The summed E-state index contributed by atoms with van der Waals surface area (Å²) in [4.78, 5) is 35.3. The summed E-state index contributed by atoms with van der Waals surface area (Å²) in [6.45, 7) is 3.88. The number of carbonyl (C=O) groups is 2. The lowest BCUT2D eigenvalue weighted by Crippen LogP contribution is -2.37. The minimum atomic E-state index is -4.42. The highest BCUT2D eigenvalue weighted by molar-refractivity contribution is 7.47. The van der Waals surface area contributed by atoms with E-state index in [1.807, 2.05) is 58.4 Å². The van der Waals surface area contributed by atoms with E-state index >= 15 is 0 Å². The third-order valence-electron chi connectivity index (χ3n) is 8.44. The summed E-state index contributed by atoms with van der Waals surface area (Å²) in [5, 5.41) is 9.48. The maximum Gasteiger partial charge on any atom is 0.472 e. The van der Waals surface area contributed by atoms with E-state index in [9.17, 15) is 24.2 Å². The number of hydrogen-bond acceptors (Lipinski definition) is 8. The molecule has 59 heavy (non-hydrogen) atoms. The highest BCUT2D eigenvalue weighted by Crippen LogP contribution is 2.43. The van der Waals surface area contributed by atoms with Crippen molar-refractivity contribution >= 4 is 19.8 Å². The second-order valence-corrected chi connectivity index (χ2v) is 16.6. The second-order valence-electron chi connectivity index (χ2n) is 15.2. The molecule has 0 aromatic heterocycles. The fraction of sp³-hybridized carbons (Fsp3) is 0.583. The fourth-order valence-corrected chi connectivity index (χ4v) is 5.61. The van der Waals surface area contributed by atoms with E-state index in [-0.39, 0.29) is 32.2 Å². The lowest BCUT2D eigenvalue weighted by atomic mass is 10.2. The van der Waals surface area contributed by atoms with E-state index in [2.05, 4.69) is 79.8 Å². The molecule has 0 aliphatic heterocycles. The highest BCUT2D eigenvalue weighted by Gasteiger charge is 2.27. The first-order valence-electron chi connectivity index (χ1n) is 21.7. The van der Waals surface area contributed by atoms with Gasteiger partial charge in [-0.1, -0.05) is 136 Å². The number of unbranched alkanes of at least 4 members (excludes halogenated alkanes) is 5.